The van der Waals surface area contributed by atoms with Gasteiger partial charge in [-0.05, 0) is 28.3 Å². The standard InChI is InChI=1S/C31H29N3/c1-18(2)21-15-10-16-22(19(3)4)26(21)31-33-29-25-14-9-8-13-24(25)28-27(30(29)34(31)5)23-12-7-6-11-20(23)17-32-28/h6-19H,1-5H3. The lowest BCUT2D eigenvalue weighted by molar-refractivity contribution is 0.828. The predicted octanol–water partition coefficient (Wildman–Crippen LogP) is 8.34. The van der Waals surface area contributed by atoms with Crippen molar-refractivity contribution < 1.29 is 0 Å². The Balaban J connectivity index is 1.87. The maximum Gasteiger partial charge on any atom is 0.141 e. The number of imidazole rings is 1. The molecule has 0 bridgehead atoms. The molecule has 0 unspecified atom stereocenters. The lowest BCUT2D eigenvalue weighted by Gasteiger charge is -2.19. The molecule has 34 heavy (non-hydrogen) atoms. The van der Waals surface area contributed by atoms with Crippen LogP contribution in [-0.4, -0.2) is 14.5 Å². The van der Waals surface area contributed by atoms with Crippen LogP contribution in [0.15, 0.2) is 72.9 Å². The molecule has 0 saturated carbocycles. The Morgan fingerprint density at radius 2 is 1.26 bits per heavy atom. The Bertz CT molecular complexity index is 1690. The Kier molecular flexibility index (Phi) is 4.70. The lowest BCUT2D eigenvalue weighted by Crippen LogP contribution is -2.04. The molecule has 0 spiro atoms. The number of hydrogen-bond acceptors (Lipinski definition) is 2. The van der Waals surface area contributed by atoms with Crippen LogP contribution in [-0.2, 0) is 7.05 Å². The second-order valence-electron chi connectivity index (χ2n) is 9.93. The summed E-state index contributed by atoms with van der Waals surface area (Å²) in [6.45, 7) is 9.09. The fourth-order valence-electron chi connectivity index (χ4n) is 5.51. The van der Waals surface area contributed by atoms with E-state index in [-0.39, 0.29) is 0 Å². The Morgan fingerprint density at radius 1 is 0.676 bits per heavy atom. The summed E-state index contributed by atoms with van der Waals surface area (Å²) in [6.07, 6.45) is 2.00. The zero-order valence-corrected chi connectivity index (χ0v) is 20.4. The third kappa shape index (κ3) is 2.89. The van der Waals surface area contributed by atoms with Crippen LogP contribution in [0.1, 0.15) is 50.7 Å². The summed E-state index contributed by atoms with van der Waals surface area (Å²) in [7, 11) is 2.17. The van der Waals surface area contributed by atoms with E-state index >= 15 is 0 Å². The minimum absolute atomic E-state index is 0.407. The third-order valence-corrected chi connectivity index (χ3v) is 7.17. The molecule has 168 valence electrons. The molecule has 6 rings (SSSR count). The SMILES string of the molecule is CC(C)c1cccc(C(C)C)c1-c1nc2c3ccccc3c3ncc4ccccc4c3c2n1C. The van der Waals surface area contributed by atoms with Gasteiger partial charge in [0, 0.05) is 40.4 Å². The predicted molar refractivity (Wildman–Crippen MR) is 145 cm³/mol. The van der Waals surface area contributed by atoms with E-state index in [9.17, 15) is 0 Å². The molecular weight excluding hydrogens is 414 g/mol. The van der Waals surface area contributed by atoms with E-state index in [0.717, 1.165) is 38.5 Å². The van der Waals surface area contributed by atoms with Crippen LogP contribution >= 0.6 is 0 Å². The molecule has 0 amide bonds. The van der Waals surface area contributed by atoms with E-state index in [1.165, 1.54) is 27.5 Å². The van der Waals surface area contributed by atoms with Gasteiger partial charge in [-0.2, -0.15) is 0 Å². The van der Waals surface area contributed by atoms with Gasteiger partial charge in [-0.15, -0.1) is 0 Å². The highest BCUT2D eigenvalue weighted by atomic mass is 15.1. The molecule has 0 radical (unpaired) electrons. The van der Waals surface area contributed by atoms with Crippen molar-refractivity contribution in [2.45, 2.75) is 39.5 Å². The molecule has 0 saturated heterocycles. The van der Waals surface area contributed by atoms with Gasteiger partial charge in [0.25, 0.3) is 0 Å². The van der Waals surface area contributed by atoms with Crippen molar-refractivity contribution in [2.75, 3.05) is 0 Å². The van der Waals surface area contributed by atoms with E-state index in [2.05, 4.69) is 106 Å². The van der Waals surface area contributed by atoms with Crippen molar-refractivity contribution in [1.29, 1.82) is 0 Å². The summed E-state index contributed by atoms with van der Waals surface area (Å²) in [6, 6.07) is 23.8. The third-order valence-electron chi connectivity index (χ3n) is 7.17. The van der Waals surface area contributed by atoms with Crippen molar-refractivity contribution >= 4 is 43.5 Å². The van der Waals surface area contributed by atoms with E-state index in [1.807, 2.05) is 6.20 Å². The molecule has 0 aliphatic rings. The Morgan fingerprint density at radius 3 is 1.91 bits per heavy atom. The molecule has 3 heteroatoms. The van der Waals surface area contributed by atoms with Crippen molar-refractivity contribution in [2.24, 2.45) is 7.05 Å². The molecule has 0 aliphatic carbocycles. The second-order valence-corrected chi connectivity index (χ2v) is 9.93. The number of benzene rings is 4. The fraction of sp³-hybridized carbons (Fsp3) is 0.226. The first kappa shape index (κ1) is 20.9. The van der Waals surface area contributed by atoms with Gasteiger partial charge >= 0.3 is 0 Å². The smallest absolute Gasteiger partial charge is 0.141 e. The van der Waals surface area contributed by atoms with Gasteiger partial charge in [-0.25, -0.2) is 4.98 Å². The molecule has 0 fully saturated rings. The summed E-state index contributed by atoms with van der Waals surface area (Å²) >= 11 is 0. The minimum atomic E-state index is 0.407. The van der Waals surface area contributed by atoms with Gasteiger partial charge < -0.3 is 4.57 Å². The van der Waals surface area contributed by atoms with Crippen molar-refractivity contribution in [1.82, 2.24) is 14.5 Å². The minimum Gasteiger partial charge on any atom is -0.326 e. The number of aryl methyl sites for hydroxylation is 1. The van der Waals surface area contributed by atoms with Crippen molar-refractivity contribution in [3.05, 3.63) is 84.1 Å². The summed E-state index contributed by atoms with van der Waals surface area (Å²) in [5, 5.41) is 5.87. The van der Waals surface area contributed by atoms with Gasteiger partial charge in [0.15, 0.2) is 0 Å². The van der Waals surface area contributed by atoms with E-state index < -0.39 is 0 Å². The highest BCUT2D eigenvalue weighted by Gasteiger charge is 2.23. The first-order chi connectivity index (χ1) is 16.5. The normalized spacial score (nSPS) is 12.2. The van der Waals surface area contributed by atoms with Gasteiger partial charge in [0.05, 0.1) is 16.6 Å². The number of pyridine rings is 1. The van der Waals surface area contributed by atoms with Gasteiger partial charge in [0.1, 0.15) is 5.82 Å². The van der Waals surface area contributed by atoms with E-state index in [4.69, 9.17) is 9.97 Å². The summed E-state index contributed by atoms with van der Waals surface area (Å²) in [5.41, 5.74) is 7.21. The molecular formula is C31H29N3. The quantitative estimate of drug-likeness (QED) is 0.257. The number of fused-ring (bicyclic) bond motifs is 8. The van der Waals surface area contributed by atoms with Crippen LogP contribution in [0.5, 0.6) is 0 Å². The zero-order chi connectivity index (χ0) is 23.6. The molecule has 0 atom stereocenters. The largest absolute Gasteiger partial charge is 0.326 e. The van der Waals surface area contributed by atoms with Crippen LogP contribution in [0.4, 0.5) is 0 Å². The van der Waals surface area contributed by atoms with Crippen molar-refractivity contribution in [3.8, 4) is 11.4 Å². The number of rotatable bonds is 3. The zero-order valence-electron chi connectivity index (χ0n) is 20.4. The van der Waals surface area contributed by atoms with Gasteiger partial charge in [-0.1, -0.05) is 94.4 Å². The van der Waals surface area contributed by atoms with Gasteiger partial charge in [-0.3, -0.25) is 4.98 Å². The Labute approximate surface area is 200 Å². The lowest BCUT2D eigenvalue weighted by atomic mass is 9.88. The number of aromatic nitrogens is 3. The van der Waals surface area contributed by atoms with Crippen LogP contribution in [0.3, 0.4) is 0 Å². The van der Waals surface area contributed by atoms with Crippen LogP contribution < -0.4 is 0 Å². The highest BCUT2D eigenvalue weighted by Crippen LogP contribution is 2.42. The summed E-state index contributed by atoms with van der Waals surface area (Å²) in [5.74, 6) is 1.85. The Hall–Kier alpha value is -3.72. The molecule has 2 aromatic heterocycles. The van der Waals surface area contributed by atoms with Crippen LogP contribution in [0.2, 0.25) is 0 Å². The average molecular weight is 444 g/mol. The molecule has 0 aliphatic heterocycles. The molecule has 3 nitrogen and oxygen atoms in total. The number of hydrogen-bond donors (Lipinski definition) is 0. The maximum absolute atomic E-state index is 5.39. The average Bonchev–Trinajstić information content (AvgIpc) is 3.20. The summed E-state index contributed by atoms with van der Waals surface area (Å²) < 4.78 is 2.31. The van der Waals surface area contributed by atoms with Crippen LogP contribution in [0, 0.1) is 0 Å². The molecule has 6 aromatic rings. The molecule has 0 N–H and O–H groups in total. The summed E-state index contributed by atoms with van der Waals surface area (Å²) in [4.78, 5) is 10.4. The molecule has 2 heterocycles. The molecule has 4 aromatic carbocycles. The van der Waals surface area contributed by atoms with E-state index in [0.29, 0.717) is 11.8 Å². The van der Waals surface area contributed by atoms with Crippen LogP contribution in [0.25, 0.3) is 54.9 Å². The topological polar surface area (TPSA) is 30.7 Å². The monoisotopic (exact) mass is 443 g/mol. The second kappa shape index (κ2) is 7.66. The number of nitrogens with zero attached hydrogens (tertiary/aromatic N) is 3. The van der Waals surface area contributed by atoms with E-state index in [1.54, 1.807) is 0 Å². The highest BCUT2D eigenvalue weighted by molar-refractivity contribution is 6.28. The van der Waals surface area contributed by atoms with Crippen molar-refractivity contribution in [3.63, 3.8) is 0 Å². The first-order valence-corrected chi connectivity index (χ1v) is 12.1. The maximum atomic E-state index is 5.39. The fourth-order valence-corrected chi connectivity index (χ4v) is 5.51. The van der Waals surface area contributed by atoms with Gasteiger partial charge in [0.2, 0.25) is 0 Å². The first-order valence-electron chi connectivity index (χ1n) is 12.1.